The van der Waals surface area contributed by atoms with Crippen molar-refractivity contribution in [3.63, 3.8) is 0 Å². The minimum absolute atomic E-state index is 0.131. The molecule has 0 heterocycles. The summed E-state index contributed by atoms with van der Waals surface area (Å²) in [6, 6.07) is 2.51. The van der Waals surface area contributed by atoms with Crippen LogP contribution in [0.1, 0.15) is 6.92 Å². The first-order valence-corrected chi connectivity index (χ1v) is 4.58. The van der Waals surface area contributed by atoms with Gasteiger partial charge in [-0.25, -0.2) is 0 Å². The van der Waals surface area contributed by atoms with E-state index < -0.39 is 4.92 Å². The molecule has 1 aromatic rings. The largest absolute Gasteiger partial charge is 0.487 e. The van der Waals surface area contributed by atoms with Gasteiger partial charge in [0.25, 0.3) is 0 Å². The molecular weight excluding hydrogens is 229 g/mol. The number of nitrogens with zero attached hydrogens (tertiary/aromatic N) is 1. The summed E-state index contributed by atoms with van der Waals surface area (Å²) in [6.07, 6.45) is 0. The van der Waals surface area contributed by atoms with Crippen LogP contribution < -0.4 is 4.74 Å². The Morgan fingerprint density at radius 3 is 2.50 bits per heavy atom. The van der Waals surface area contributed by atoms with Crippen LogP contribution in [0.2, 0.25) is 10.0 Å². The molecule has 0 saturated carbocycles. The highest BCUT2D eigenvalue weighted by Crippen LogP contribution is 2.35. The van der Waals surface area contributed by atoms with Gasteiger partial charge < -0.3 is 4.74 Å². The third kappa shape index (κ3) is 2.27. The van der Waals surface area contributed by atoms with Gasteiger partial charge in [0.2, 0.25) is 0 Å². The maximum absolute atomic E-state index is 10.6. The number of hydrogen-bond donors (Lipinski definition) is 0. The van der Waals surface area contributed by atoms with E-state index in [0.29, 0.717) is 6.61 Å². The molecule has 0 bridgehead atoms. The van der Waals surface area contributed by atoms with Crippen molar-refractivity contribution < 1.29 is 9.66 Å². The maximum atomic E-state index is 10.6. The molecule has 0 atom stereocenters. The third-order valence-electron chi connectivity index (χ3n) is 1.50. The van der Waals surface area contributed by atoms with Crippen LogP contribution in [-0.4, -0.2) is 11.5 Å². The van der Waals surface area contributed by atoms with Crippen molar-refractivity contribution in [1.29, 1.82) is 0 Å². The average Bonchev–Trinajstić information content (AvgIpc) is 2.11. The highest BCUT2D eigenvalue weighted by atomic mass is 35.5. The number of benzene rings is 1. The molecule has 0 aliphatic carbocycles. The Morgan fingerprint density at radius 1 is 1.43 bits per heavy atom. The molecule has 1 aromatic carbocycles. The van der Waals surface area contributed by atoms with Crippen LogP contribution in [0, 0.1) is 10.1 Å². The summed E-state index contributed by atoms with van der Waals surface area (Å²) in [4.78, 5) is 10.0. The van der Waals surface area contributed by atoms with Crippen molar-refractivity contribution in [2.24, 2.45) is 0 Å². The SMILES string of the molecule is CCOc1cc(Cl)c(Cl)cc1[N+](=O)[O-]. The van der Waals surface area contributed by atoms with Crippen LogP contribution in [0.5, 0.6) is 5.75 Å². The molecule has 0 N–H and O–H groups in total. The van der Waals surface area contributed by atoms with Crippen molar-refractivity contribution in [1.82, 2.24) is 0 Å². The molecule has 0 unspecified atom stereocenters. The lowest BCUT2D eigenvalue weighted by Crippen LogP contribution is -1.97. The molecule has 0 aliphatic heterocycles. The average molecular weight is 236 g/mol. The lowest BCUT2D eigenvalue weighted by molar-refractivity contribution is -0.385. The summed E-state index contributed by atoms with van der Waals surface area (Å²) in [5.41, 5.74) is -0.179. The number of ether oxygens (including phenoxy) is 1. The molecule has 76 valence electrons. The smallest absolute Gasteiger partial charge is 0.312 e. The van der Waals surface area contributed by atoms with Crippen molar-refractivity contribution >= 4 is 28.9 Å². The van der Waals surface area contributed by atoms with Crippen LogP contribution in [-0.2, 0) is 0 Å². The molecule has 0 fully saturated rings. The molecule has 4 nitrogen and oxygen atoms in total. The Balaban J connectivity index is 3.24. The van der Waals surface area contributed by atoms with Gasteiger partial charge in [0.15, 0.2) is 5.75 Å². The van der Waals surface area contributed by atoms with E-state index in [0.717, 1.165) is 0 Å². The van der Waals surface area contributed by atoms with Crippen LogP contribution in [0.25, 0.3) is 0 Å². The van der Waals surface area contributed by atoms with Gasteiger partial charge in [-0.05, 0) is 6.92 Å². The highest BCUT2D eigenvalue weighted by Gasteiger charge is 2.17. The summed E-state index contributed by atoms with van der Waals surface area (Å²) in [6.45, 7) is 2.06. The molecule has 1 rings (SSSR count). The van der Waals surface area contributed by atoms with E-state index in [1.54, 1.807) is 6.92 Å². The Kier molecular flexibility index (Phi) is 3.55. The zero-order valence-electron chi connectivity index (χ0n) is 7.29. The first-order valence-electron chi connectivity index (χ1n) is 3.82. The normalized spacial score (nSPS) is 9.93. The second-order valence-electron chi connectivity index (χ2n) is 2.42. The first kappa shape index (κ1) is 11.1. The zero-order chi connectivity index (χ0) is 10.7. The summed E-state index contributed by atoms with van der Waals surface area (Å²) in [5.74, 6) is 0.131. The minimum Gasteiger partial charge on any atom is -0.487 e. The summed E-state index contributed by atoms with van der Waals surface area (Å²) in [5, 5.41) is 11.0. The van der Waals surface area contributed by atoms with Crippen LogP contribution in [0.3, 0.4) is 0 Å². The van der Waals surface area contributed by atoms with Crippen LogP contribution in [0.4, 0.5) is 5.69 Å². The fourth-order valence-electron chi connectivity index (χ4n) is 0.932. The molecule has 0 aliphatic rings. The van der Waals surface area contributed by atoms with E-state index in [2.05, 4.69) is 0 Å². The fourth-order valence-corrected chi connectivity index (χ4v) is 1.24. The Labute approximate surface area is 90.5 Å². The van der Waals surface area contributed by atoms with E-state index in [-0.39, 0.29) is 21.5 Å². The summed E-state index contributed by atoms with van der Waals surface area (Å²) >= 11 is 11.3. The molecule has 0 aromatic heterocycles. The number of hydrogen-bond acceptors (Lipinski definition) is 3. The van der Waals surface area contributed by atoms with Gasteiger partial charge in [0, 0.05) is 12.1 Å². The molecule has 0 spiro atoms. The van der Waals surface area contributed by atoms with E-state index in [1.165, 1.54) is 12.1 Å². The monoisotopic (exact) mass is 235 g/mol. The number of nitro groups is 1. The van der Waals surface area contributed by atoms with Gasteiger partial charge >= 0.3 is 5.69 Å². The van der Waals surface area contributed by atoms with Crippen LogP contribution >= 0.6 is 23.2 Å². The Hall–Kier alpha value is -1.00. The van der Waals surface area contributed by atoms with Crippen LogP contribution in [0.15, 0.2) is 12.1 Å². The van der Waals surface area contributed by atoms with E-state index in [1.807, 2.05) is 0 Å². The first-order chi connectivity index (χ1) is 6.56. The molecular formula is C8H7Cl2NO3. The third-order valence-corrected chi connectivity index (χ3v) is 2.22. The quantitative estimate of drug-likeness (QED) is 0.597. The second kappa shape index (κ2) is 4.48. The molecule has 14 heavy (non-hydrogen) atoms. The standard InChI is InChI=1S/C8H7Cl2NO3/c1-2-14-8-4-6(10)5(9)3-7(8)11(12)13/h3-4H,2H2,1H3. The lowest BCUT2D eigenvalue weighted by Gasteiger charge is -2.05. The van der Waals surface area contributed by atoms with Gasteiger partial charge in [-0.2, -0.15) is 0 Å². The Morgan fingerprint density at radius 2 is 2.00 bits per heavy atom. The second-order valence-corrected chi connectivity index (χ2v) is 3.24. The number of nitro benzene ring substituents is 1. The van der Waals surface area contributed by atoms with E-state index in [9.17, 15) is 10.1 Å². The summed E-state index contributed by atoms with van der Waals surface area (Å²) < 4.78 is 5.05. The van der Waals surface area contributed by atoms with Gasteiger partial charge in [0.05, 0.1) is 21.6 Å². The maximum Gasteiger partial charge on any atom is 0.312 e. The summed E-state index contributed by atoms with van der Waals surface area (Å²) in [7, 11) is 0. The van der Waals surface area contributed by atoms with Gasteiger partial charge in [-0.15, -0.1) is 0 Å². The van der Waals surface area contributed by atoms with Gasteiger partial charge in [-0.3, -0.25) is 10.1 Å². The number of halogens is 2. The van der Waals surface area contributed by atoms with E-state index >= 15 is 0 Å². The predicted octanol–water partition coefficient (Wildman–Crippen LogP) is 3.30. The molecule has 6 heteroatoms. The predicted molar refractivity (Wildman–Crippen MR) is 54.3 cm³/mol. The molecule has 0 amide bonds. The molecule has 0 radical (unpaired) electrons. The zero-order valence-corrected chi connectivity index (χ0v) is 8.80. The van der Waals surface area contributed by atoms with Crippen molar-refractivity contribution in [3.05, 3.63) is 32.3 Å². The Bertz CT molecular complexity index is 368. The topological polar surface area (TPSA) is 52.4 Å². The molecule has 0 saturated heterocycles. The van der Waals surface area contributed by atoms with E-state index in [4.69, 9.17) is 27.9 Å². The van der Waals surface area contributed by atoms with Crippen molar-refractivity contribution in [2.45, 2.75) is 6.92 Å². The van der Waals surface area contributed by atoms with Gasteiger partial charge in [0.1, 0.15) is 0 Å². The lowest BCUT2D eigenvalue weighted by atomic mass is 10.3. The van der Waals surface area contributed by atoms with Crippen molar-refractivity contribution in [3.8, 4) is 5.75 Å². The number of rotatable bonds is 3. The minimum atomic E-state index is -0.562. The van der Waals surface area contributed by atoms with Gasteiger partial charge in [-0.1, -0.05) is 23.2 Å². The fraction of sp³-hybridized carbons (Fsp3) is 0.250. The van der Waals surface area contributed by atoms with Crippen molar-refractivity contribution in [2.75, 3.05) is 6.61 Å². The highest BCUT2D eigenvalue weighted by molar-refractivity contribution is 6.42.